The van der Waals surface area contributed by atoms with E-state index in [0.29, 0.717) is 5.01 Å². The summed E-state index contributed by atoms with van der Waals surface area (Å²) in [7, 11) is 1.11. The summed E-state index contributed by atoms with van der Waals surface area (Å²) >= 11 is 0. The lowest BCUT2D eigenvalue weighted by Crippen LogP contribution is -2.31. The Labute approximate surface area is 123 Å². The van der Waals surface area contributed by atoms with Gasteiger partial charge >= 0.3 is 6.18 Å². The monoisotopic (exact) mass is 312 g/mol. The van der Waals surface area contributed by atoms with E-state index in [9.17, 15) is 22.8 Å². The number of hydrogen-bond acceptors (Lipinski definition) is 5. The highest BCUT2D eigenvalue weighted by Crippen LogP contribution is 2.23. The van der Waals surface area contributed by atoms with Crippen LogP contribution < -0.4 is 0 Å². The van der Waals surface area contributed by atoms with Gasteiger partial charge < -0.3 is 0 Å². The number of nitrogens with zero attached hydrogens (tertiary/aromatic N) is 4. The number of aromatic nitrogens is 1. The van der Waals surface area contributed by atoms with Gasteiger partial charge in [0.05, 0.1) is 17.5 Å². The number of hydrazone groups is 1. The fourth-order valence-electron chi connectivity index (χ4n) is 1.85. The number of carbonyl (C=O) groups excluding carboxylic acids is 2. The summed E-state index contributed by atoms with van der Waals surface area (Å²) in [6.07, 6.45) is -2.12. The summed E-state index contributed by atoms with van der Waals surface area (Å²) in [6, 6.07) is 2.93. The van der Waals surface area contributed by atoms with Crippen LogP contribution in [0.5, 0.6) is 0 Å². The maximum absolute atomic E-state index is 12.2. The molecule has 1 aromatic rings. The Hall–Kier alpha value is -2.71. The molecule has 0 saturated heterocycles. The minimum atomic E-state index is -4.41. The number of carbonyl (C=O) groups is 2. The van der Waals surface area contributed by atoms with Gasteiger partial charge in [0.2, 0.25) is 0 Å². The second-order valence-electron chi connectivity index (χ2n) is 4.51. The Morgan fingerprint density at radius 2 is 2.14 bits per heavy atom. The lowest BCUT2D eigenvalue weighted by atomic mass is 10.2. The lowest BCUT2D eigenvalue weighted by molar-refractivity contribution is -0.142. The summed E-state index contributed by atoms with van der Waals surface area (Å²) in [5.41, 5.74) is -0.0431. The Morgan fingerprint density at radius 3 is 2.73 bits per heavy atom. The molecule has 9 heteroatoms. The highest BCUT2D eigenvalue weighted by Gasteiger charge is 2.38. The number of rotatable bonds is 4. The standard InChI is InChI=1S/C13H11F3N4O2/c1-8(6-18-19(2)7-13(14,15)16)20-11(21)9-4-3-5-17-10(9)12(20)22/h3-6H,1,7H2,2H3/b18-6-. The Balaban J connectivity index is 2.12. The summed E-state index contributed by atoms with van der Waals surface area (Å²) in [5, 5.41) is 4.13. The Morgan fingerprint density at radius 1 is 1.45 bits per heavy atom. The summed E-state index contributed by atoms with van der Waals surface area (Å²) in [6.45, 7) is 2.22. The third-order valence-electron chi connectivity index (χ3n) is 2.75. The van der Waals surface area contributed by atoms with Crippen LogP contribution in [-0.2, 0) is 0 Å². The topological polar surface area (TPSA) is 65.9 Å². The van der Waals surface area contributed by atoms with E-state index in [4.69, 9.17) is 0 Å². The molecule has 22 heavy (non-hydrogen) atoms. The summed E-state index contributed by atoms with van der Waals surface area (Å²) in [5.74, 6) is -1.32. The average Bonchev–Trinajstić information content (AvgIpc) is 2.67. The van der Waals surface area contributed by atoms with E-state index in [1.54, 1.807) is 0 Å². The number of halogens is 3. The minimum absolute atomic E-state index is 0.0225. The molecule has 1 aliphatic rings. The second-order valence-corrected chi connectivity index (χ2v) is 4.51. The molecular formula is C13H11F3N4O2. The number of pyridine rings is 1. The molecule has 6 nitrogen and oxygen atoms in total. The third-order valence-corrected chi connectivity index (χ3v) is 2.75. The Bertz CT molecular complexity index is 634. The van der Waals surface area contributed by atoms with Crippen molar-refractivity contribution in [3.05, 3.63) is 41.9 Å². The number of amides is 2. The fourth-order valence-corrected chi connectivity index (χ4v) is 1.85. The quantitative estimate of drug-likeness (QED) is 0.482. The zero-order valence-electron chi connectivity index (χ0n) is 11.5. The van der Waals surface area contributed by atoms with Crippen LogP contribution in [0.3, 0.4) is 0 Å². The molecule has 2 rings (SSSR count). The number of allylic oxidation sites excluding steroid dienone is 1. The first-order chi connectivity index (χ1) is 10.2. The van der Waals surface area contributed by atoms with Gasteiger partial charge in [-0.1, -0.05) is 6.58 Å². The summed E-state index contributed by atoms with van der Waals surface area (Å²) < 4.78 is 36.5. The molecule has 0 bridgehead atoms. The first-order valence-corrected chi connectivity index (χ1v) is 6.05. The van der Waals surface area contributed by atoms with Gasteiger partial charge in [0.25, 0.3) is 11.8 Å². The van der Waals surface area contributed by atoms with Crippen LogP contribution >= 0.6 is 0 Å². The lowest BCUT2D eigenvalue weighted by Gasteiger charge is -2.17. The first-order valence-electron chi connectivity index (χ1n) is 6.05. The second kappa shape index (κ2) is 5.58. The molecule has 0 fully saturated rings. The van der Waals surface area contributed by atoms with Crippen molar-refractivity contribution in [3.8, 4) is 0 Å². The summed E-state index contributed by atoms with van der Waals surface area (Å²) in [4.78, 5) is 28.7. The van der Waals surface area contributed by atoms with E-state index in [1.165, 1.54) is 18.3 Å². The van der Waals surface area contributed by atoms with Gasteiger partial charge in [-0.15, -0.1) is 0 Å². The van der Waals surface area contributed by atoms with Crippen molar-refractivity contribution in [3.63, 3.8) is 0 Å². The zero-order valence-corrected chi connectivity index (χ0v) is 11.5. The van der Waals surface area contributed by atoms with Crippen LogP contribution in [0.2, 0.25) is 0 Å². The molecule has 0 aliphatic carbocycles. The predicted molar refractivity (Wildman–Crippen MR) is 71.1 cm³/mol. The molecule has 2 amide bonds. The van der Waals surface area contributed by atoms with Crippen molar-refractivity contribution in [2.75, 3.05) is 13.6 Å². The van der Waals surface area contributed by atoms with Gasteiger partial charge in [0.15, 0.2) is 0 Å². The molecular weight excluding hydrogens is 301 g/mol. The molecule has 0 unspecified atom stereocenters. The van der Waals surface area contributed by atoms with Crippen molar-refractivity contribution >= 4 is 18.0 Å². The maximum Gasteiger partial charge on any atom is 0.407 e. The third kappa shape index (κ3) is 3.13. The van der Waals surface area contributed by atoms with Gasteiger partial charge in [-0.25, -0.2) is 4.90 Å². The molecule has 0 N–H and O–H groups in total. The van der Waals surface area contributed by atoms with Crippen molar-refractivity contribution in [1.29, 1.82) is 0 Å². The molecule has 2 heterocycles. The molecule has 116 valence electrons. The number of fused-ring (bicyclic) bond motifs is 1. The van der Waals surface area contributed by atoms with Crippen molar-refractivity contribution in [1.82, 2.24) is 14.9 Å². The van der Waals surface area contributed by atoms with Crippen LogP contribution in [0.1, 0.15) is 20.8 Å². The van der Waals surface area contributed by atoms with E-state index in [2.05, 4.69) is 16.7 Å². The van der Waals surface area contributed by atoms with Crippen molar-refractivity contribution < 1.29 is 22.8 Å². The molecule has 0 radical (unpaired) electrons. The number of alkyl halides is 3. The van der Waals surface area contributed by atoms with E-state index in [1.807, 2.05) is 0 Å². The van der Waals surface area contributed by atoms with Crippen LogP contribution in [0, 0.1) is 0 Å². The van der Waals surface area contributed by atoms with Gasteiger partial charge in [-0.2, -0.15) is 18.3 Å². The van der Waals surface area contributed by atoms with Gasteiger partial charge in [0.1, 0.15) is 12.2 Å². The minimum Gasteiger partial charge on any atom is -0.291 e. The molecule has 0 aromatic carbocycles. The van der Waals surface area contributed by atoms with Gasteiger partial charge in [-0.3, -0.25) is 19.6 Å². The van der Waals surface area contributed by atoms with Gasteiger partial charge in [-0.05, 0) is 12.1 Å². The van der Waals surface area contributed by atoms with Crippen LogP contribution in [-0.4, -0.2) is 52.7 Å². The molecule has 0 atom stereocenters. The van der Waals surface area contributed by atoms with Crippen molar-refractivity contribution in [2.24, 2.45) is 5.10 Å². The van der Waals surface area contributed by atoms with E-state index in [-0.39, 0.29) is 17.0 Å². The van der Waals surface area contributed by atoms with E-state index >= 15 is 0 Å². The molecule has 1 aliphatic heterocycles. The number of hydrogen-bond donors (Lipinski definition) is 0. The molecule has 1 aromatic heterocycles. The Kier molecular flexibility index (Phi) is 3.98. The molecule has 0 saturated carbocycles. The zero-order chi connectivity index (χ0) is 16.5. The fraction of sp³-hybridized carbons (Fsp3) is 0.231. The normalized spacial score (nSPS) is 14.6. The maximum atomic E-state index is 12.2. The van der Waals surface area contributed by atoms with E-state index in [0.717, 1.165) is 18.2 Å². The highest BCUT2D eigenvalue weighted by atomic mass is 19.4. The SMILES string of the molecule is C=C(/C=N\N(C)CC(F)(F)F)N1C(=O)c2cccnc2C1=O. The van der Waals surface area contributed by atoms with Crippen LogP contribution in [0.25, 0.3) is 0 Å². The first kappa shape index (κ1) is 15.7. The smallest absolute Gasteiger partial charge is 0.291 e. The van der Waals surface area contributed by atoms with E-state index < -0.39 is 24.5 Å². The van der Waals surface area contributed by atoms with Crippen LogP contribution in [0.4, 0.5) is 13.2 Å². The largest absolute Gasteiger partial charge is 0.407 e. The van der Waals surface area contributed by atoms with Crippen LogP contribution in [0.15, 0.2) is 35.7 Å². The highest BCUT2D eigenvalue weighted by molar-refractivity contribution is 6.23. The number of imide groups is 1. The predicted octanol–water partition coefficient (Wildman–Crippen LogP) is 1.67. The average molecular weight is 312 g/mol. The van der Waals surface area contributed by atoms with Crippen molar-refractivity contribution in [2.45, 2.75) is 6.18 Å². The van der Waals surface area contributed by atoms with Gasteiger partial charge in [0, 0.05) is 13.2 Å². The molecule has 0 spiro atoms.